The Bertz CT molecular complexity index is 392. The predicted octanol–water partition coefficient (Wildman–Crippen LogP) is 1.59. The lowest BCUT2D eigenvalue weighted by Gasteiger charge is -2.26. The van der Waals surface area contributed by atoms with Crippen LogP contribution in [-0.2, 0) is 0 Å². The number of halogens is 1. The first-order valence-corrected chi connectivity index (χ1v) is 5.99. The molecule has 1 aliphatic heterocycles. The van der Waals surface area contributed by atoms with E-state index in [0.29, 0.717) is 10.8 Å². The number of hydrogen-bond acceptors (Lipinski definition) is 4. The van der Waals surface area contributed by atoms with E-state index in [9.17, 15) is 0 Å². The molecule has 1 heterocycles. The Labute approximate surface area is 106 Å². The third kappa shape index (κ3) is 2.65. The highest BCUT2D eigenvalue weighted by molar-refractivity contribution is 6.32. The summed E-state index contributed by atoms with van der Waals surface area (Å²) >= 11 is 6.08. The van der Waals surface area contributed by atoms with E-state index in [2.05, 4.69) is 10.6 Å². The fourth-order valence-electron chi connectivity index (χ4n) is 2.03. The van der Waals surface area contributed by atoms with Crippen molar-refractivity contribution in [1.82, 2.24) is 10.6 Å². The van der Waals surface area contributed by atoms with Crippen LogP contribution in [0.1, 0.15) is 11.6 Å². The van der Waals surface area contributed by atoms with Gasteiger partial charge >= 0.3 is 0 Å². The Hall–Kier alpha value is -0.970. The number of benzene rings is 1. The van der Waals surface area contributed by atoms with Gasteiger partial charge in [0, 0.05) is 37.3 Å². The minimum absolute atomic E-state index is 0.227. The predicted molar refractivity (Wildman–Crippen MR) is 68.2 cm³/mol. The monoisotopic (exact) mass is 256 g/mol. The van der Waals surface area contributed by atoms with Crippen molar-refractivity contribution in [2.24, 2.45) is 0 Å². The molecule has 0 saturated carbocycles. The zero-order valence-corrected chi connectivity index (χ0v) is 10.8. The standard InChI is InChI=1S/C12H17ClN2O2/c1-16-11-6-9(13)12(17-2)5-8(11)10-7-14-3-4-15-10/h5-6,10,14-15H,3-4,7H2,1-2H3/t10-/m1/s1. The summed E-state index contributed by atoms with van der Waals surface area (Å²) in [5, 5.41) is 7.35. The van der Waals surface area contributed by atoms with Gasteiger partial charge in [0.25, 0.3) is 0 Å². The minimum Gasteiger partial charge on any atom is -0.496 e. The Morgan fingerprint density at radius 3 is 2.53 bits per heavy atom. The lowest BCUT2D eigenvalue weighted by molar-refractivity contribution is 0.375. The maximum absolute atomic E-state index is 6.08. The molecule has 1 atom stereocenters. The summed E-state index contributed by atoms with van der Waals surface area (Å²) in [6.45, 7) is 2.81. The molecule has 94 valence electrons. The van der Waals surface area contributed by atoms with Crippen molar-refractivity contribution in [2.45, 2.75) is 6.04 Å². The van der Waals surface area contributed by atoms with Gasteiger partial charge in [0.1, 0.15) is 11.5 Å². The number of nitrogens with one attached hydrogen (secondary N) is 2. The molecule has 1 aliphatic rings. The second-order valence-corrected chi connectivity index (χ2v) is 4.35. The normalized spacial score (nSPS) is 20.1. The highest BCUT2D eigenvalue weighted by Crippen LogP contribution is 2.35. The van der Waals surface area contributed by atoms with Crippen LogP contribution in [0.15, 0.2) is 12.1 Å². The molecule has 1 fully saturated rings. The number of piperazine rings is 1. The molecule has 0 unspecified atom stereocenters. The quantitative estimate of drug-likeness (QED) is 0.862. The third-order valence-electron chi connectivity index (χ3n) is 2.92. The zero-order chi connectivity index (χ0) is 12.3. The smallest absolute Gasteiger partial charge is 0.138 e. The van der Waals surface area contributed by atoms with E-state index in [0.717, 1.165) is 30.9 Å². The SMILES string of the molecule is COc1cc([C@H]2CNCCN2)c(OC)cc1Cl. The highest BCUT2D eigenvalue weighted by atomic mass is 35.5. The van der Waals surface area contributed by atoms with E-state index in [1.54, 1.807) is 20.3 Å². The van der Waals surface area contributed by atoms with Crippen LogP contribution in [0.4, 0.5) is 0 Å². The summed E-state index contributed by atoms with van der Waals surface area (Å²) < 4.78 is 10.6. The topological polar surface area (TPSA) is 42.5 Å². The van der Waals surface area contributed by atoms with E-state index >= 15 is 0 Å². The van der Waals surface area contributed by atoms with Crippen LogP contribution in [0, 0.1) is 0 Å². The van der Waals surface area contributed by atoms with E-state index in [1.165, 1.54) is 0 Å². The first kappa shape index (κ1) is 12.5. The summed E-state index contributed by atoms with van der Waals surface area (Å²) in [4.78, 5) is 0. The fraction of sp³-hybridized carbons (Fsp3) is 0.500. The largest absolute Gasteiger partial charge is 0.496 e. The van der Waals surface area contributed by atoms with Crippen LogP contribution in [0.5, 0.6) is 11.5 Å². The van der Waals surface area contributed by atoms with E-state index in [1.807, 2.05) is 6.07 Å². The van der Waals surface area contributed by atoms with Crippen molar-refractivity contribution in [2.75, 3.05) is 33.9 Å². The second kappa shape index (κ2) is 5.58. The van der Waals surface area contributed by atoms with Gasteiger partial charge in [-0.25, -0.2) is 0 Å². The van der Waals surface area contributed by atoms with Gasteiger partial charge in [-0.15, -0.1) is 0 Å². The van der Waals surface area contributed by atoms with Crippen LogP contribution in [0.25, 0.3) is 0 Å². The van der Waals surface area contributed by atoms with Gasteiger partial charge in [0.2, 0.25) is 0 Å². The summed E-state index contributed by atoms with van der Waals surface area (Å²) in [5.74, 6) is 1.46. The third-order valence-corrected chi connectivity index (χ3v) is 3.22. The molecule has 0 radical (unpaired) electrons. The van der Waals surface area contributed by atoms with Gasteiger partial charge in [0.05, 0.1) is 19.2 Å². The number of ether oxygens (including phenoxy) is 2. The molecular weight excluding hydrogens is 240 g/mol. The van der Waals surface area contributed by atoms with E-state index in [4.69, 9.17) is 21.1 Å². The van der Waals surface area contributed by atoms with Crippen molar-refractivity contribution in [3.05, 3.63) is 22.7 Å². The molecule has 2 N–H and O–H groups in total. The Kier molecular flexibility index (Phi) is 4.10. The van der Waals surface area contributed by atoms with Crippen LogP contribution >= 0.6 is 11.6 Å². The molecule has 0 amide bonds. The number of rotatable bonds is 3. The fourth-order valence-corrected chi connectivity index (χ4v) is 2.26. The first-order valence-electron chi connectivity index (χ1n) is 5.61. The maximum atomic E-state index is 6.08. The molecule has 1 aromatic carbocycles. The molecule has 0 aromatic heterocycles. The van der Waals surface area contributed by atoms with E-state index in [-0.39, 0.29) is 6.04 Å². The van der Waals surface area contributed by atoms with Gasteiger partial charge in [-0.2, -0.15) is 0 Å². The van der Waals surface area contributed by atoms with Crippen molar-refractivity contribution < 1.29 is 9.47 Å². The molecule has 0 spiro atoms. The lowest BCUT2D eigenvalue weighted by atomic mass is 10.0. The molecule has 1 saturated heterocycles. The molecule has 0 bridgehead atoms. The zero-order valence-electron chi connectivity index (χ0n) is 10.0. The summed E-state index contributed by atoms with van der Waals surface area (Å²) in [5.41, 5.74) is 1.07. The minimum atomic E-state index is 0.227. The first-order chi connectivity index (χ1) is 8.26. The molecule has 2 rings (SSSR count). The average Bonchev–Trinajstić information content (AvgIpc) is 2.39. The molecule has 0 aliphatic carbocycles. The van der Waals surface area contributed by atoms with Gasteiger partial charge in [-0.3, -0.25) is 0 Å². The van der Waals surface area contributed by atoms with Crippen LogP contribution in [-0.4, -0.2) is 33.9 Å². The Morgan fingerprint density at radius 1 is 1.18 bits per heavy atom. The average molecular weight is 257 g/mol. The summed E-state index contributed by atoms with van der Waals surface area (Å²) in [6, 6.07) is 3.96. The Balaban J connectivity index is 2.35. The van der Waals surface area contributed by atoms with Gasteiger partial charge in [-0.1, -0.05) is 11.6 Å². The molecule has 1 aromatic rings. The molecule has 17 heavy (non-hydrogen) atoms. The second-order valence-electron chi connectivity index (χ2n) is 3.94. The van der Waals surface area contributed by atoms with Crippen molar-refractivity contribution in [3.8, 4) is 11.5 Å². The van der Waals surface area contributed by atoms with Crippen LogP contribution < -0.4 is 20.1 Å². The molecule has 4 nitrogen and oxygen atoms in total. The molecule has 5 heteroatoms. The van der Waals surface area contributed by atoms with E-state index < -0.39 is 0 Å². The Morgan fingerprint density at radius 2 is 1.94 bits per heavy atom. The molecular formula is C12H17ClN2O2. The van der Waals surface area contributed by atoms with Crippen molar-refractivity contribution in [1.29, 1.82) is 0 Å². The van der Waals surface area contributed by atoms with Crippen LogP contribution in [0.2, 0.25) is 5.02 Å². The van der Waals surface area contributed by atoms with Gasteiger partial charge < -0.3 is 20.1 Å². The van der Waals surface area contributed by atoms with Gasteiger partial charge in [0.15, 0.2) is 0 Å². The summed E-state index contributed by atoms with van der Waals surface area (Å²) in [7, 11) is 3.27. The number of hydrogen-bond donors (Lipinski definition) is 2. The van der Waals surface area contributed by atoms with Gasteiger partial charge in [-0.05, 0) is 6.07 Å². The lowest BCUT2D eigenvalue weighted by Crippen LogP contribution is -2.42. The summed E-state index contributed by atoms with van der Waals surface area (Å²) in [6.07, 6.45) is 0. The number of methoxy groups -OCH3 is 2. The highest BCUT2D eigenvalue weighted by Gasteiger charge is 2.20. The van der Waals surface area contributed by atoms with Crippen LogP contribution in [0.3, 0.4) is 0 Å². The van der Waals surface area contributed by atoms with Crippen molar-refractivity contribution >= 4 is 11.6 Å². The van der Waals surface area contributed by atoms with Crippen molar-refractivity contribution in [3.63, 3.8) is 0 Å². The maximum Gasteiger partial charge on any atom is 0.138 e.